The summed E-state index contributed by atoms with van der Waals surface area (Å²) in [5, 5.41) is 9.71. The number of nitrogens with zero attached hydrogens (tertiary/aromatic N) is 3. The second-order valence-electron chi connectivity index (χ2n) is 6.26. The van der Waals surface area contributed by atoms with Crippen LogP contribution in [0.2, 0.25) is 0 Å². The smallest absolute Gasteiger partial charge is 0.143 e. The van der Waals surface area contributed by atoms with E-state index in [0.717, 1.165) is 23.5 Å². The van der Waals surface area contributed by atoms with E-state index in [-0.39, 0.29) is 0 Å². The number of hydrogen-bond acceptors (Lipinski definition) is 2. The van der Waals surface area contributed by atoms with Crippen LogP contribution in [0.5, 0.6) is 0 Å². The molecule has 1 unspecified atom stereocenters. The number of hydrogen-bond donors (Lipinski definition) is 0. The Hall–Kier alpha value is -1.16. The molecule has 0 saturated heterocycles. The Bertz CT molecular complexity index is 618. The Morgan fingerprint density at radius 1 is 1.29 bits per heavy atom. The molecule has 0 spiro atoms. The number of benzene rings is 1. The van der Waals surface area contributed by atoms with Crippen LogP contribution in [0.15, 0.2) is 24.3 Å². The molecule has 0 N–H and O–H groups in total. The van der Waals surface area contributed by atoms with Gasteiger partial charge < -0.3 is 4.57 Å². The van der Waals surface area contributed by atoms with Crippen LogP contribution in [0.4, 0.5) is 0 Å². The average Bonchev–Trinajstić information content (AvgIpc) is 2.88. The maximum Gasteiger partial charge on any atom is 0.143 e. The molecule has 21 heavy (non-hydrogen) atoms. The molecule has 3 rings (SSSR count). The van der Waals surface area contributed by atoms with E-state index >= 15 is 0 Å². The van der Waals surface area contributed by atoms with Gasteiger partial charge in [-0.25, -0.2) is 0 Å². The van der Waals surface area contributed by atoms with Gasteiger partial charge in [0.05, 0.1) is 5.33 Å². The molecule has 1 atom stereocenters. The van der Waals surface area contributed by atoms with E-state index < -0.39 is 0 Å². The van der Waals surface area contributed by atoms with Crippen molar-refractivity contribution in [1.29, 1.82) is 0 Å². The van der Waals surface area contributed by atoms with Gasteiger partial charge in [0, 0.05) is 12.5 Å². The van der Waals surface area contributed by atoms with Crippen LogP contribution in [0.1, 0.15) is 55.4 Å². The van der Waals surface area contributed by atoms with E-state index in [1.54, 1.807) is 0 Å². The van der Waals surface area contributed by atoms with Crippen LogP contribution in [0.3, 0.4) is 0 Å². The summed E-state index contributed by atoms with van der Waals surface area (Å²) in [4.78, 5) is 0. The minimum atomic E-state index is 0.397. The fourth-order valence-electron chi connectivity index (χ4n) is 3.29. The van der Waals surface area contributed by atoms with Gasteiger partial charge in [-0.2, -0.15) is 0 Å². The van der Waals surface area contributed by atoms with Crippen molar-refractivity contribution in [3.8, 4) is 0 Å². The molecule has 0 bridgehead atoms. The molecular weight excluding hydrogens is 326 g/mol. The van der Waals surface area contributed by atoms with Gasteiger partial charge >= 0.3 is 0 Å². The zero-order valence-electron chi connectivity index (χ0n) is 12.7. The van der Waals surface area contributed by atoms with Crippen LogP contribution >= 0.6 is 15.9 Å². The van der Waals surface area contributed by atoms with E-state index in [4.69, 9.17) is 0 Å². The highest BCUT2D eigenvalue weighted by Crippen LogP contribution is 2.36. The number of halogens is 1. The van der Waals surface area contributed by atoms with Crippen molar-refractivity contribution in [3.05, 3.63) is 47.0 Å². The lowest BCUT2D eigenvalue weighted by atomic mass is 9.82. The van der Waals surface area contributed by atoms with Crippen LogP contribution < -0.4 is 0 Å². The summed E-state index contributed by atoms with van der Waals surface area (Å²) >= 11 is 3.54. The second-order valence-corrected chi connectivity index (χ2v) is 6.82. The van der Waals surface area contributed by atoms with Crippen molar-refractivity contribution in [2.45, 2.75) is 50.9 Å². The average molecular weight is 348 g/mol. The summed E-state index contributed by atoms with van der Waals surface area (Å²) in [6, 6.07) is 8.81. The first-order chi connectivity index (χ1) is 10.2. The highest BCUT2D eigenvalue weighted by molar-refractivity contribution is 9.08. The first-order valence-corrected chi connectivity index (χ1v) is 8.88. The number of aromatic nitrogens is 3. The summed E-state index contributed by atoms with van der Waals surface area (Å²) in [7, 11) is 0. The van der Waals surface area contributed by atoms with Gasteiger partial charge in [-0.05, 0) is 36.3 Å². The number of aryl methyl sites for hydroxylation is 1. The summed E-state index contributed by atoms with van der Waals surface area (Å²) in [6.07, 6.45) is 3.60. The second kappa shape index (κ2) is 6.30. The lowest BCUT2D eigenvalue weighted by molar-refractivity contribution is 0.475. The Kier molecular flexibility index (Phi) is 4.43. The largest absolute Gasteiger partial charge is 0.313 e. The molecule has 0 amide bonds. The molecule has 3 nitrogen and oxygen atoms in total. The van der Waals surface area contributed by atoms with Crippen molar-refractivity contribution in [3.63, 3.8) is 0 Å². The maximum atomic E-state index is 4.55. The van der Waals surface area contributed by atoms with Crippen molar-refractivity contribution < 1.29 is 0 Å². The van der Waals surface area contributed by atoms with Crippen molar-refractivity contribution in [2.75, 3.05) is 0 Å². The molecule has 2 aromatic rings. The zero-order valence-corrected chi connectivity index (χ0v) is 14.3. The molecule has 1 aliphatic rings. The third-order valence-electron chi connectivity index (χ3n) is 4.20. The predicted molar refractivity (Wildman–Crippen MR) is 88.7 cm³/mol. The maximum absolute atomic E-state index is 4.55. The van der Waals surface area contributed by atoms with Gasteiger partial charge in [0.15, 0.2) is 0 Å². The molecule has 0 fully saturated rings. The third-order valence-corrected chi connectivity index (χ3v) is 4.71. The zero-order chi connectivity index (χ0) is 14.8. The summed E-state index contributed by atoms with van der Waals surface area (Å²) in [5.74, 6) is 3.18. The van der Waals surface area contributed by atoms with Gasteiger partial charge in [-0.3, -0.25) is 0 Å². The Labute approximate surface area is 134 Å². The van der Waals surface area contributed by atoms with Gasteiger partial charge in [-0.1, -0.05) is 54.0 Å². The number of rotatable bonds is 4. The van der Waals surface area contributed by atoms with Crippen LogP contribution in [-0.4, -0.2) is 14.8 Å². The third kappa shape index (κ3) is 2.91. The minimum absolute atomic E-state index is 0.397. The molecular formula is C17H22BrN3. The lowest BCUT2D eigenvalue weighted by Crippen LogP contribution is -2.18. The van der Waals surface area contributed by atoms with E-state index in [2.05, 4.69) is 68.8 Å². The summed E-state index contributed by atoms with van der Waals surface area (Å²) in [5.41, 5.74) is 2.93. The van der Waals surface area contributed by atoms with Gasteiger partial charge in [-0.15, -0.1) is 10.2 Å². The van der Waals surface area contributed by atoms with Crippen molar-refractivity contribution >= 4 is 15.9 Å². The predicted octanol–water partition coefficient (Wildman–Crippen LogP) is 4.30. The Morgan fingerprint density at radius 3 is 2.86 bits per heavy atom. The topological polar surface area (TPSA) is 30.7 Å². The van der Waals surface area contributed by atoms with Gasteiger partial charge in [0.1, 0.15) is 11.6 Å². The SMILES string of the molecule is CC(C)Cn1c(CBr)nnc1C1CCCc2ccccc21. The molecule has 4 heteroatoms. The fraction of sp³-hybridized carbons (Fsp3) is 0.529. The molecule has 1 heterocycles. The lowest BCUT2D eigenvalue weighted by Gasteiger charge is -2.26. The molecule has 112 valence electrons. The van der Waals surface area contributed by atoms with Crippen LogP contribution in [0, 0.1) is 5.92 Å². The van der Waals surface area contributed by atoms with Crippen LogP contribution in [0.25, 0.3) is 0 Å². The monoisotopic (exact) mass is 347 g/mol. The number of fused-ring (bicyclic) bond motifs is 1. The fourth-order valence-corrected chi connectivity index (χ4v) is 3.71. The highest BCUT2D eigenvalue weighted by Gasteiger charge is 2.27. The molecule has 1 aromatic heterocycles. The van der Waals surface area contributed by atoms with Gasteiger partial charge in [0.2, 0.25) is 0 Å². The Morgan fingerprint density at radius 2 is 2.10 bits per heavy atom. The first-order valence-electron chi connectivity index (χ1n) is 7.76. The van der Waals surface area contributed by atoms with Crippen molar-refractivity contribution in [1.82, 2.24) is 14.8 Å². The highest BCUT2D eigenvalue weighted by atomic mass is 79.9. The Balaban J connectivity index is 2.03. The van der Waals surface area contributed by atoms with Crippen molar-refractivity contribution in [2.24, 2.45) is 5.92 Å². The molecule has 1 aliphatic carbocycles. The normalized spacial score (nSPS) is 18.0. The van der Waals surface area contributed by atoms with E-state index in [1.165, 1.54) is 30.4 Å². The standard InChI is InChI=1S/C17H22BrN3/c1-12(2)11-21-16(10-18)19-20-17(21)15-9-5-7-13-6-3-4-8-14(13)15/h3-4,6,8,12,15H,5,7,9-11H2,1-2H3. The van der Waals surface area contributed by atoms with E-state index in [1.807, 2.05) is 0 Å². The molecule has 1 aromatic carbocycles. The molecule has 0 radical (unpaired) electrons. The number of alkyl halides is 1. The summed E-state index contributed by atoms with van der Waals surface area (Å²) in [6.45, 7) is 5.48. The molecule has 0 aliphatic heterocycles. The van der Waals surface area contributed by atoms with Crippen LogP contribution in [-0.2, 0) is 18.3 Å². The summed E-state index contributed by atoms with van der Waals surface area (Å²) < 4.78 is 2.33. The minimum Gasteiger partial charge on any atom is -0.313 e. The first kappa shape index (κ1) is 14.8. The quantitative estimate of drug-likeness (QED) is 0.772. The van der Waals surface area contributed by atoms with E-state index in [9.17, 15) is 0 Å². The molecule has 0 saturated carbocycles. The van der Waals surface area contributed by atoms with E-state index in [0.29, 0.717) is 11.8 Å². The van der Waals surface area contributed by atoms with Gasteiger partial charge in [0.25, 0.3) is 0 Å².